The molecular weight excluding hydrogens is 332 g/mol. The summed E-state index contributed by atoms with van der Waals surface area (Å²) in [5, 5.41) is 2.98. The summed E-state index contributed by atoms with van der Waals surface area (Å²) >= 11 is 1.62. The van der Waals surface area contributed by atoms with E-state index in [1.165, 1.54) is 10.5 Å². The molecule has 2 aliphatic heterocycles. The molecule has 5 nitrogen and oxygen atoms in total. The summed E-state index contributed by atoms with van der Waals surface area (Å²) < 4.78 is 0. The van der Waals surface area contributed by atoms with Crippen LogP contribution in [-0.2, 0) is 11.2 Å². The first-order valence-corrected chi connectivity index (χ1v) is 9.70. The van der Waals surface area contributed by atoms with Crippen LogP contribution in [0.2, 0.25) is 0 Å². The first-order valence-electron chi connectivity index (χ1n) is 8.72. The van der Waals surface area contributed by atoms with Crippen LogP contribution in [0.3, 0.4) is 0 Å². The van der Waals surface area contributed by atoms with Crippen molar-refractivity contribution in [1.29, 1.82) is 0 Å². The van der Waals surface area contributed by atoms with Crippen LogP contribution in [0.1, 0.15) is 5.56 Å². The van der Waals surface area contributed by atoms with Crippen molar-refractivity contribution in [3.63, 3.8) is 0 Å². The predicted molar refractivity (Wildman–Crippen MR) is 102 cm³/mol. The van der Waals surface area contributed by atoms with E-state index in [1.54, 1.807) is 11.8 Å². The van der Waals surface area contributed by atoms with Crippen molar-refractivity contribution in [2.24, 2.45) is 0 Å². The maximum absolute atomic E-state index is 11.5. The molecule has 0 spiro atoms. The largest absolute Gasteiger partial charge is 0.354 e. The summed E-state index contributed by atoms with van der Waals surface area (Å²) in [5.74, 6) is 1.69. The van der Waals surface area contributed by atoms with E-state index >= 15 is 0 Å². The van der Waals surface area contributed by atoms with E-state index in [2.05, 4.69) is 44.4 Å². The summed E-state index contributed by atoms with van der Waals surface area (Å²) in [6.45, 7) is 5.22. The lowest BCUT2D eigenvalue weighted by atomic mass is 10.1. The molecule has 130 valence electrons. The van der Waals surface area contributed by atoms with Crippen molar-refractivity contribution in [3.05, 3.63) is 48.2 Å². The minimum absolute atomic E-state index is 0.0975. The lowest BCUT2D eigenvalue weighted by molar-refractivity contribution is -0.113. The molecule has 0 saturated carbocycles. The van der Waals surface area contributed by atoms with Gasteiger partial charge in [0.15, 0.2) is 0 Å². The number of aromatic nitrogens is 1. The molecule has 1 saturated heterocycles. The molecule has 2 aromatic rings. The van der Waals surface area contributed by atoms with Gasteiger partial charge in [0.25, 0.3) is 0 Å². The third-order valence-corrected chi connectivity index (χ3v) is 5.81. The standard InChI is InChI=1S/C19H22N4OS/c24-19-14-25-17-5-4-15(13-16(17)21-19)6-8-22-9-11-23(12-10-22)18-3-1-2-7-20-18/h1-5,7,13H,6,8-12,14H2,(H,21,24). The minimum Gasteiger partial charge on any atom is -0.354 e. The van der Waals surface area contributed by atoms with Gasteiger partial charge in [0.2, 0.25) is 5.91 Å². The molecule has 1 N–H and O–H groups in total. The Bertz CT molecular complexity index is 744. The van der Waals surface area contributed by atoms with E-state index in [4.69, 9.17) is 0 Å². The number of carbonyl (C=O) groups is 1. The molecule has 1 aromatic carbocycles. The monoisotopic (exact) mass is 354 g/mol. The van der Waals surface area contributed by atoms with Crippen molar-refractivity contribution < 1.29 is 4.79 Å². The molecule has 1 fully saturated rings. The first-order chi connectivity index (χ1) is 12.3. The van der Waals surface area contributed by atoms with Crippen LogP contribution >= 0.6 is 11.8 Å². The average Bonchev–Trinajstić information content (AvgIpc) is 2.67. The van der Waals surface area contributed by atoms with Crippen LogP contribution in [0.4, 0.5) is 11.5 Å². The van der Waals surface area contributed by atoms with E-state index in [1.807, 2.05) is 18.3 Å². The van der Waals surface area contributed by atoms with Crippen molar-refractivity contribution in [2.75, 3.05) is 48.7 Å². The topological polar surface area (TPSA) is 48.5 Å². The number of thioether (sulfide) groups is 1. The Morgan fingerprint density at radius 1 is 1.12 bits per heavy atom. The van der Waals surface area contributed by atoms with E-state index < -0.39 is 0 Å². The molecule has 1 amide bonds. The summed E-state index contributed by atoms with van der Waals surface area (Å²) in [5.41, 5.74) is 2.26. The maximum atomic E-state index is 11.5. The normalized spacial score (nSPS) is 17.9. The van der Waals surface area contributed by atoms with Gasteiger partial charge in [0.1, 0.15) is 5.82 Å². The minimum atomic E-state index is 0.0975. The van der Waals surface area contributed by atoms with Gasteiger partial charge in [-0.05, 0) is 36.2 Å². The van der Waals surface area contributed by atoms with E-state index in [-0.39, 0.29) is 5.91 Å². The molecule has 0 unspecified atom stereocenters. The van der Waals surface area contributed by atoms with Crippen molar-refractivity contribution in [1.82, 2.24) is 9.88 Å². The number of rotatable bonds is 4. The van der Waals surface area contributed by atoms with Crippen molar-refractivity contribution >= 4 is 29.2 Å². The van der Waals surface area contributed by atoms with Crippen molar-refractivity contribution in [2.45, 2.75) is 11.3 Å². The Kier molecular flexibility index (Phi) is 4.90. The molecule has 0 radical (unpaired) electrons. The fraction of sp³-hybridized carbons (Fsp3) is 0.368. The van der Waals surface area contributed by atoms with Gasteiger partial charge in [-0.3, -0.25) is 9.69 Å². The highest BCUT2D eigenvalue weighted by molar-refractivity contribution is 8.00. The second-order valence-electron chi connectivity index (χ2n) is 6.43. The van der Waals surface area contributed by atoms with E-state index in [9.17, 15) is 4.79 Å². The van der Waals surface area contributed by atoms with Crippen LogP contribution in [-0.4, -0.2) is 54.3 Å². The molecule has 4 rings (SSSR count). The maximum Gasteiger partial charge on any atom is 0.234 e. The molecule has 0 atom stereocenters. The fourth-order valence-corrected chi connectivity index (χ4v) is 4.10. The smallest absolute Gasteiger partial charge is 0.234 e. The summed E-state index contributed by atoms with van der Waals surface area (Å²) in [6.07, 6.45) is 2.87. The Morgan fingerprint density at radius 3 is 2.80 bits per heavy atom. The number of hydrogen-bond acceptors (Lipinski definition) is 5. The quantitative estimate of drug-likeness (QED) is 0.914. The Hall–Kier alpha value is -2.05. The molecule has 1 aromatic heterocycles. The van der Waals surface area contributed by atoms with Gasteiger partial charge < -0.3 is 10.2 Å². The molecule has 25 heavy (non-hydrogen) atoms. The lowest BCUT2D eigenvalue weighted by Crippen LogP contribution is -2.47. The number of pyridine rings is 1. The van der Waals surface area contributed by atoms with E-state index in [0.29, 0.717) is 5.75 Å². The predicted octanol–water partition coefficient (Wildman–Crippen LogP) is 2.49. The Labute approximate surface area is 152 Å². The van der Waals surface area contributed by atoms with E-state index in [0.717, 1.165) is 50.6 Å². The number of anilines is 2. The van der Waals surface area contributed by atoms with Gasteiger partial charge in [-0.1, -0.05) is 12.1 Å². The third-order valence-electron chi connectivity index (χ3n) is 4.74. The highest BCUT2D eigenvalue weighted by atomic mass is 32.2. The zero-order valence-electron chi connectivity index (χ0n) is 14.1. The zero-order chi connectivity index (χ0) is 17.1. The number of hydrogen-bond donors (Lipinski definition) is 1. The number of amides is 1. The SMILES string of the molecule is O=C1CSc2ccc(CCN3CCN(c4ccccn4)CC3)cc2N1. The average molecular weight is 354 g/mol. The second kappa shape index (κ2) is 7.45. The van der Waals surface area contributed by atoms with Crippen LogP contribution in [0.5, 0.6) is 0 Å². The molecule has 0 aliphatic carbocycles. The number of fused-ring (bicyclic) bond motifs is 1. The number of benzene rings is 1. The van der Waals surface area contributed by atoms with Crippen LogP contribution < -0.4 is 10.2 Å². The Morgan fingerprint density at radius 2 is 2.00 bits per heavy atom. The summed E-state index contributed by atoms with van der Waals surface area (Å²) in [6, 6.07) is 12.5. The van der Waals surface area contributed by atoms with Crippen LogP contribution in [0.15, 0.2) is 47.5 Å². The number of nitrogens with one attached hydrogen (secondary N) is 1. The number of piperazine rings is 1. The molecule has 0 bridgehead atoms. The Balaban J connectivity index is 1.30. The fourth-order valence-electron chi connectivity index (χ4n) is 3.31. The molecular formula is C19H22N4OS. The van der Waals surface area contributed by atoms with Gasteiger partial charge in [-0.25, -0.2) is 4.98 Å². The van der Waals surface area contributed by atoms with Gasteiger partial charge in [0.05, 0.1) is 11.4 Å². The molecule has 6 heteroatoms. The first kappa shape index (κ1) is 16.4. The van der Waals surface area contributed by atoms with Gasteiger partial charge in [-0.2, -0.15) is 0 Å². The molecule has 3 heterocycles. The summed E-state index contributed by atoms with van der Waals surface area (Å²) in [7, 11) is 0. The third kappa shape index (κ3) is 3.96. The highest BCUT2D eigenvalue weighted by Gasteiger charge is 2.18. The highest BCUT2D eigenvalue weighted by Crippen LogP contribution is 2.32. The van der Waals surface area contributed by atoms with Crippen molar-refractivity contribution in [3.8, 4) is 0 Å². The summed E-state index contributed by atoms with van der Waals surface area (Å²) in [4.78, 5) is 22.0. The van der Waals surface area contributed by atoms with Crippen LogP contribution in [0, 0.1) is 0 Å². The zero-order valence-corrected chi connectivity index (χ0v) is 15.0. The second-order valence-corrected chi connectivity index (χ2v) is 7.45. The number of nitrogens with zero attached hydrogens (tertiary/aromatic N) is 3. The molecule has 2 aliphatic rings. The lowest BCUT2D eigenvalue weighted by Gasteiger charge is -2.35. The van der Waals surface area contributed by atoms with Gasteiger partial charge in [0, 0.05) is 43.8 Å². The number of carbonyl (C=O) groups excluding carboxylic acids is 1. The van der Waals surface area contributed by atoms with Crippen LogP contribution in [0.25, 0.3) is 0 Å². The van der Waals surface area contributed by atoms with Gasteiger partial charge >= 0.3 is 0 Å². The van der Waals surface area contributed by atoms with Gasteiger partial charge in [-0.15, -0.1) is 11.8 Å².